The molecule has 1 unspecified atom stereocenters. The molecule has 0 bridgehead atoms. The summed E-state index contributed by atoms with van der Waals surface area (Å²) in [6.07, 6.45) is 3.12. The Bertz CT molecular complexity index is 338. The number of hydrogen-bond donors (Lipinski definition) is 2. The molecule has 0 aromatic heterocycles. The highest BCUT2D eigenvalue weighted by Gasteiger charge is 2.19. The van der Waals surface area contributed by atoms with E-state index in [1.165, 1.54) is 6.07 Å². The summed E-state index contributed by atoms with van der Waals surface area (Å²) < 4.78 is 13.5. The zero-order chi connectivity index (χ0) is 10.7. The second-order valence-electron chi connectivity index (χ2n) is 4.05. The van der Waals surface area contributed by atoms with Gasteiger partial charge in [0.25, 0.3) is 0 Å². The minimum absolute atomic E-state index is 0.123. The SMILES string of the molecule is CNCCC1CCc2cccc(F)c2N1. The number of rotatable bonds is 3. The van der Waals surface area contributed by atoms with Crippen LogP contribution in [-0.4, -0.2) is 19.6 Å². The first kappa shape index (κ1) is 10.4. The van der Waals surface area contributed by atoms with Gasteiger partial charge in [-0.25, -0.2) is 4.39 Å². The fourth-order valence-electron chi connectivity index (χ4n) is 2.08. The van der Waals surface area contributed by atoms with E-state index in [0.29, 0.717) is 11.7 Å². The van der Waals surface area contributed by atoms with Crippen molar-refractivity contribution < 1.29 is 4.39 Å². The summed E-state index contributed by atoms with van der Waals surface area (Å²) in [5.74, 6) is -0.123. The highest BCUT2D eigenvalue weighted by atomic mass is 19.1. The topological polar surface area (TPSA) is 24.1 Å². The number of nitrogens with one attached hydrogen (secondary N) is 2. The lowest BCUT2D eigenvalue weighted by molar-refractivity contribution is 0.552. The van der Waals surface area contributed by atoms with Gasteiger partial charge in [0, 0.05) is 6.04 Å². The van der Waals surface area contributed by atoms with Gasteiger partial charge in [-0.15, -0.1) is 0 Å². The summed E-state index contributed by atoms with van der Waals surface area (Å²) in [6.45, 7) is 0.974. The second-order valence-corrected chi connectivity index (χ2v) is 4.05. The van der Waals surface area contributed by atoms with Crippen LogP contribution < -0.4 is 10.6 Å². The second kappa shape index (κ2) is 4.62. The van der Waals surface area contributed by atoms with Crippen LogP contribution in [0.2, 0.25) is 0 Å². The van der Waals surface area contributed by atoms with Crippen LogP contribution in [0.1, 0.15) is 18.4 Å². The maximum atomic E-state index is 13.5. The van der Waals surface area contributed by atoms with Crippen LogP contribution >= 0.6 is 0 Å². The number of anilines is 1. The van der Waals surface area contributed by atoms with Crippen molar-refractivity contribution in [3.05, 3.63) is 29.6 Å². The van der Waals surface area contributed by atoms with Gasteiger partial charge in [0.1, 0.15) is 5.82 Å². The molecule has 0 fully saturated rings. The Kier molecular flexibility index (Phi) is 3.21. The van der Waals surface area contributed by atoms with Crippen molar-refractivity contribution in [2.24, 2.45) is 0 Å². The summed E-state index contributed by atoms with van der Waals surface area (Å²) in [4.78, 5) is 0. The van der Waals surface area contributed by atoms with E-state index in [0.717, 1.165) is 31.4 Å². The summed E-state index contributed by atoms with van der Waals surface area (Å²) in [7, 11) is 1.94. The molecule has 0 radical (unpaired) electrons. The van der Waals surface area contributed by atoms with E-state index in [2.05, 4.69) is 10.6 Å². The normalized spacial score (nSPS) is 19.5. The molecule has 1 aromatic rings. The lowest BCUT2D eigenvalue weighted by atomic mass is 9.96. The molecule has 82 valence electrons. The van der Waals surface area contributed by atoms with Crippen molar-refractivity contribution in [3.63, 3.8) is 0 Å². The third kappa shape index (κ3) is 2.29. The van der Waals surface area contributed by atoms with Gasteiger partial charge in [-0.2, -0.15) is 0 Å². The Morgan fingerprint density at radius 2 is 2.40 bits per heavy atom. The lowest BCUT2D eigenvalue weighted by Crippen LogP contribution is -2.29. The molecule has 1 aromatic carbocycles. The largest absolute Gasteiger partial charge is 0.380 e. The summed E-state index contributed by atoms with van der Waals surface area (Å²) in [5, 5.41) is 6.40. The van der Waals surface area contributed by atoms with E-state index in [4.69, 9.17) is 0 Å². The van der Waals surface area contributed by atoms with Crippen molar-refractivity contribution in [2.45, 2.75) is 25.3 Å². The van der Waals surface area contributed by atoms with Gasteiger partial charge in [0.05, 0.1) is 5.69 Å². The van der Waals surface area contributed by atoms with Crippen molar-refractivity contribution in [1.29, 1.82) is 0 Å². The Balaban J connectivity index is 2.08. The predicted molar refractivity (Wildman–Crippen MR) is 60.7 cm³/mol. The highest BCUT2D eigenvalue weighted by molar-refractivity contribution is 5.54. The van der Waals surface area contributed by atoms with Crippen LogP contribution in [-0.2, 0) is 6.42 Å². The van der Waals surface area contributed by atoms with Gasteiger partial charge in [0.15, 0.2) is 0 Å². The molecule has 2 nitrogen and oxygen atoms in total. The van der Waals surface area contributed by atoms with Crippen LogP contribution in [0.5, 0.6) is 0 Å². The number of aryl methyl sites for hydroxylation is 1. The van der Waals surface area contributed by atoms with Crippen LogP contribution in [0.4, 0.5) is 10.1 Å². The fourth-order valence-corrected chi connectivity index (χ4v) is 2.08. The first-order valence-corrected chi connectivity index (χ1v) is 5.50. The molecule has 0 saturated heterocycles. The van der Waals surface area contributed by atoms with Gasteiger partial charge in [-0.3, -0.25) is 0 Å². The zero-order valence-corrected chi connectivity index (χ0v) is 9.02. The van der Waals surface area contributed by atoms with Crippen molar-refractivity contribution in [1.82, 2.24) is 5.32 Å². The fraction of sp³-hybridized carbons (Fsp3) is 0.500. The van der Waals surface area contributed by atoms with Gasteiger partial charge in [-0.1, -0.05) is 12.1 Å². The molecule has 1 heterocycles. The first-order chi connectivity index (χ1) is 7.31. The molecule has 0 amide bonds. The molecule has 0 spiro atoms. The van der Waals surface area contributed by atoms with Crippen molar-refractivity contribution in [3.8, 4) is 0 Å². The average Bonchev–Trinajstić information content (AvgIpc) is 2.27. The van der Waals surface area contributed by atoms with E-state index < -0.39 is 0 Å². The maximum Gasteiger partial charge on any atom is 0.146 e. The smallest absolute Gasteiger partial charge is 0.146 e. The van der Waals surface area contributed by atoms with E-state index in [-0.39, 0.29) is 5.82 Å². The summed E-state index contributed by atoms with van der Waals surface area (Å²) >= 11 is 0. The average molecular weight is 208 g/mol. The third-order valence-corrected chi connectivity index (χ3v) is 2.95. The number of hydrogen-bond acceptors (Lipinski definition) is 2. The maximum absolute atomic E-state index is 13.5. The first-order valence-electron chi connectivity index (χ1n) is 5.50. The number of benzene rings is 1. The summed E-state index contributed by atoms with van der Waals surface area (Å²) in [6, 6.07) is 5.71. The molecular formula is C12H17FN2. The summed E-state index contributed by atoms with van der Waals surface area (Å²) in [5.41, 5.74) is 1.82. The molecule has 1 aliphatic heterocycles. The third-order valence-electron chi connectivity index (χ3n) is 2.95. The Morgan fingerprint density at radius 3 is 3.20 bits per heavy atom. The molecule has 2 rings (SSSR count). The van der Waals surface area contributed by atoms with Crippen LogP contribution in [0.15, 0.2) is 18.2 Å². The lowest BCUT2D eigenvalue weighted by Gasteiger charge is -2.27. The predicted octanol–water partition coefficient (Wildman–Crippen LogP) is 2.16. The molecule has 0 aliphatic carbocycles. The van der Waals surface area contributed by atoms with E-state index in [9.17, 15) is 4.39 Å². The standard InChI is InChI=1S/C12H17FN2/c1-14-8-7-10-6-5-9-3-2-4-11(13)12(9)15-10/h2-4,10,14-15H,5-8H2,1H3. The van der Waals surface area contributed by atoms with Crippen LogP contribution in [0, 0.1) is 5.82 Å². The van der Waals surface area contributed by atoms with Gasteiger partial charge in [0.2, 0.25) is 0 Å². The zero-order valence-electron chi connectivity index (χ0n) is 9.02. The minimum Gasteiger partial charge on any atom is -0.380 e. The van der Waals surface area contributed by atoms with Gasteiger partial charge in [-0.05, 0) is 44.5 Å². The molecule has 2 N–H and O–H groups in total. The number of halogens is 1. The van der Waals surface area contributed by atoms with Gasteiger partial charge >= 0.3 is 0 Å². The van der Waals surface area contributed by atoms with Crippen LogP contribution in [0.3, 0.4) is 0 Å². The van der Waals surface area contributed by atoms with Gasteiger partial charge < -0.3 is 10.6 Å². The number of para-hydroxylation sites is 1. The highest BCUT2D eigenvalue weighted by Crippen LogP contribution is 2.28. The Hall–Kier alpha value is -1.09. The quantitative estimate of drug-likeness (QED) is 0.795. The Labute approximate surface area is 89.9 Å². The monoisotopic (exact) mass is 208 g/mol. The minimum atomic E-state index is -0.123. The van der Waals surface area contributed by atoms with E-state index >= 15 is 0 Å². The molecule has 1 aliphatic rings. The van der Waals surface area contributed by atoms with Crippen LogP contribution in [0.25, 0.3) is 0 Å². The molecule has 0 saturated carbocycles. The molecular weight excluding hydrogens is 191 g/mol. The number of fused-ring (bicyclic) bond motifs is 1. The van der Waals surface area contributed by atoms with Crippen molar-refractivity contribution in [2.75, 3.05) is 18.9 Å². The molecule has 3 heteroatoms. The molecule has 1 atom stereocenters. The van der Waals surface area contributed by atoms with Crippen molar-refractivity contribution >= 4 is 5.69 Å². The molecule has 15 heavy (non-hydrogen) atoms. The van der Waals surface area contributed by atoms with E-state index in [1.54, 1.807) is 6.07 Å². The Morgan fingerprint density at radius 1 is 1.53 bits per heavy atom. The van der Waals surface area contributed by atoms with E-state index in [1.807, 2.05) is 13.1 Å².